The van der Waals surface area contributed by atoms with Crippen LogP contribution in [0.2, 0.25) is 0 Å². The number of pyridine rings is 1. The third-order valence-corrected chi connectivity index (χ3v) is 13.5. The molecule has 0 radical (unpaired) electrons. The third-order valence-electron chi connectivity index (χ3n) is 13.5. The number of hydrogen-bond acceptors (Lipinski definition) is 1. The molecule has 0 spiro atoms. The highest BCUT2D eigenvalue weighted by Crippen LogP contribution is 2.50. The summed E-state index contributed by atoms with van der Waals surface area (Å²) in [5.41, 5.74) is 13.1. The fourth-order valence-electron chi connectivity index (χ4n) is 11.1. The van der Waals surface area contributed by atoms with E-state index in [0.717, 1.165) is 11.2 Å². The van der Waals surface area contributed by atoms with E-state index in [1.165, 1.54) is 125 Å². The second-order valence-corrected chi connectivity index (χ2v) is 16.3. The minimum atomic E-state index is 1.01. The first-order valence-corrected chi connectivity index (χ1v) is 20.4. The molecule has 4 heteroatoms. The highest BCUT2D eigenvalue weighted by Gasteiger charge is 2.27. The van der Waals surface area contributed by atoms with Crippen LogP contribution in [0.3, 0.4) is 0 Å². The minimum Gasteiger partial charge on any atom is -0.309 e. The summed E-state index contributed by atoms with van der Waals surface area (Å²) >= 11 is 0. The van der Waals surface area contributed by atoms with Gasteiger partial charge in [-0.3, -0.25) is 4.40 Å². The number of rotatable bonds is 2. The van der Waals surface area contributed by atoms with Gasteiger partial charge in [0.15, 0.2) is 0 Å². The second-order valence-electron chi connectivity index (χ2n) is 16.3. The van der Waals surface area contributed by atoms with E-state index in [2.05, 4.69) is 195 Å². The molecule has 4 nitrogen and oxygen atoms in total. The average Bonchev–Trinajstić information content (AvgIpc) is 4.08. The summed E-state index contributed by atoms with van der Waals surface area (Å²) in [5, 5.41) is 17.6. The summed E-state index contributed by atoms with van der Waals surface area (Å²) in [7, 11) is 0. The molecule has 15 aromatic rings. The molecule has 0 saturated heterocycles. The molecule has 6 aromatic heterocycles. The molecule has 0 saturated carbocycles. The van der Waals surface area contributed by atoms with Crippen LogP contribution in [0.4, 0.5) is 0 Å². The van der Waals surface area contributed by atoms with Crippen molar-refractivity contribution in [3.05, 3.63) is 182 Å². The van der Waals surface area contributed by atoms with E-state index in [4.69, 9.17) is 4.98 Å². The van der Waals surface area contributed by atoms with Gasteiger partial charge in [-0.05, 0) is 75.6 Å². The standard InChI is InChI=1S/C55H30N4/c1-2-15-35(16-3-1)57-45-23-9-8-18-38(45)42-27-34(24-25-46(42)57)37-19-10-21-40-49-36-17-7-6-14-33(36)28-44-50-48(58(52(37)40)54(44)49)30-56-55-51(50)41-22-11-20-39-43-26-31-12-4-5-13-32(31)29-47(43)59(55)53(39)41/h1-30H. The van der Waals surface area contributed by atoms with E-state index < -0.39 is 0 Å². The monoisotopic (exact) mass is 746 g/mol. The number of fused-ring (bicyclic) bond motifs is 19. The van der Waals surface area contributed by atoms with Gasteiger partial charge in [0.05, 0.1) is 44.8 Å². The summed E-state index contributed by atoms with van der Waals surface area (Å²) in [5.74, 6) is 0. The highest BCUT2D eigenvalue weighted by molar-refractivity contribution is 6.38. The van der Waals surface area contributed by atoms with Crippen molar-refractivity contribution in [2.75, 3.05) is 0 Å². The van der Waals surface area contributed by atoms with Gasteiger partial charge in [0.25, 0.3) is 0 Å². The van der Waals surface area contributed by atoms with Crippen molar-refractivity contribution in [3.8, 4) is 16.8 Å². The van der Waals surface area contributed by atoms with Gasteiger partial charge >= 0.3 is 0 Å². The van der Waals surface area contributed by atoms with Crippen molar-refractivity contribution < 1.29 is 0 Å². The lowest BCUT2D eigenvalue weighted by Gasteiger charge is -2.09. The summed E-state index contributed by atoms with van der Waals surface area (Å²) < 4.78 is 7.36. The lowest BCUT2D eigenvalue weighted by molar-refractivity contribution is 1.18. The largest absolute Gasteiger partial charge is 0.309 e. The van der Waals surface area contributed by atoms with E-state index in [1.54, 1.807) is 0 Å². The molecule has 6 heterocycles. The molecular formula is C55H30N4. The summed E-state index contributed by atoms with van der Waals surface area (Å²) in [6, 6.07) is 65.0. The van der Waals surface area contributed by atoms with Gasteiger partial charge in [-0.25, -0.2) is 4.98 Å². The Morgan fingerprint density at radius 1 is 0.339 bits per heavy atom. The molecule has 270 valence electrons. The summed E-state index contributed by atoms with van der Waals surface area (Å²) in [4.78, 5) is 5.45. The molecule has 0 aliphatic heterocycles. The first-order valence-electron chi connectivity index (χ1n) is 20.4. The van der Waals surface area contributed by atoms with Crippen LogP contribution in [0.25, 0.3) is 136 Å². The van der Waals surface area contributed by atoms with E-state index in [0.29, 0.717) is 0 Å². The number of benzene rings is 9. The van der Waals surface area contributed by atoms with Crippen molar-refractivity contribution in [1.29, 1.82) is 0 Å². The molecule has 0 aliphatic rings. The van der Waals surface area contributed by atoms with Crippen molar-refractivity contribution in [3.63, 3.8) is 0 Å². The number of nitrogens with zero attached hydrogens (tertiary/aromatic N) is 4. The van der Waals surface area contributed by atoms with E-state index in [9.17, 15) is 0 Å². The van der Waals surface area contributed by atoms with Crippen LogP contribution in [-0.2, 0) is 0 Å². The van der Waals surface area contributed by atoms with Gasteiger partial charge in [-0.1, -0.05) is 127 Å². The third kappa shape index (κ3) is 3.60. The highest BCUT2D eigenvalue weighted by atomic mass is 15.0. The normalized spacial score (nSPS) is 12.7. The minimum absolute atomic E-state index is 1.01. The number of aromatic nitrogens is 4. The zero-order valence-electron chi connectivity index (χ0n) is 31.6. The Morgan fingerprint density at radius 2 is 1.00 bits per heavy atom. The van der Waals surface area contributed by atoms with Crippen molar-refractivity contribution >= 4 is 120 Å². The predicted octanol–water partition coefficient (Wildman–Crippen LogP) is 14.5. The maximum absolute atomic E-state index is 5.45. The maximum Gasteiger partial charge on any atom is 0.146 e. The Kier molecular flexibility index (Phi) is 5.38. The summed E-state index contributed by atoms with van der Waals surface area (Å²) in [6.45, 7) is 0. The van der Waals surface area contributed by atoms with Crippen LogP contribution in [0, 0.1) is 0 Å². The zero-order chi connectivity index (χ0) is 38.1. The first kappa shape index (κ1) is 30.2. The Hall–Kier alpha value is -7.95. The van der Waals surface area contributed by atoms with Gasteiger partial charge in [-0.2, -0.15) is 0 Å². The van der Waals surface area contributed by atoms with Crippen LogP contribution < -0.4 is 0 Å². The molecule has 0 aliphatic carbocycles. The fraction of sp³-hybridized carbons (Fsp3) is 0. The number of para-hydroxylation sites is 4. The van der Waals surface area contributed by atoms with Crippen molar-refractivity contribution in [2.45, 2.75) is 0 Å². The quantitative estimate of drug-likeness (QED) is 0.173. The van der Waals surface area contributed by atoms with Gasteiger partial charge in [0, 0.05) is 65.1 Å². The number of hydrogen-bond donors (Lipinski definition) is 0. The SMILES string of the molecule is c1ccc(-n2c3ccccc3c3cc(-c4cccc5c6c7ccccc7cc7c8c9c%10cccc%11c%12cc%13ccccc%13cc%12n(c9ncc8n(c45)c76)c%11%10)ccc32)cc1. The van der Waals surface area contributed by atoms with Crippen LogP contribution in [0.1, 0.15) is 0 Å². The van der Waals surface area contributed by atoms with Crippen LogP contribution in [0.15, 0.2) is 182 Å². The predicted molar refractivity (Wildman–Crippen MR) is 248 cm³/mol. The smallest absolute Gasteiger partial charge is 0.146 e. The fourth-order valence-corrected chi connectivity index (χ4v) is 11.1. The van der Waals surface area contributed by atoms with E-state index in [1.807, 2.05) is 0 Å². The van der Waals surface area contributed by atoms with Crippen LogP contribution in [-0.4, -0.2) is 18.4 Å². The second kappa shape index (κ2) is 10.5. The van der Waals surface area contributed by atoms with Crippen molar-refractivity contribution in [2.24, 2.45) is 0 Å². The first-order chi connectivity index (χ1) is 29.3. The molecule has 0 fully saturated rings. The molecule has 9 aromatic carbocycles. The van der Waals surface area contributed by atoms with Crippen molar-refractivity contribution in [1.82, 2.24) is 18.4 Å². The lowest BCUT2D eigenvalue weighted by atomic mass is 9.96. The molecule has 0 bridgehead atoms. The van der Waals surface area contributed by atoms with Gasteiger partial charge < -0.3 is 8.97 Å². The molecule has 0 amide bonds. The van der Waals surface area contributed by atoms with Crippen LogP contribution >= 0.6 is 0 Å². The molecule has 0 unspecified atom stereocenters. The van der Waals surface area contributed by atoms with E-state index in [-0.39, 0.29) is 0 Å². The molecule has 59 heavy (non-hydrogen) atoms. The van der Waals surface area contributed by atoms with Gasteiger partial charge in [0.2, 0.25) is 0 Å². The molecular weight excluding hydrogens is 717 g/mol. The van der Waals surface area contributed by atoms with Crippen LogP contribution in [0.5, 0.6) is 0 Å². The van der Waals surface area contributed by atoms with Gasteiger partial charge in [-0.15, -0.1) is 0 Å². The zero-order valence-corrected chi connectivity index (χ0v) is 31.6. The summed E-state index contributed by atoms with van der Waals surface area (Å²) in [6.07, 6.45) is 2.15. The Balaban J connectivity index is 1.10. The Labute approximate surface area is 335 Å². The lowest BCUT2D eigenvalue weighted by Crippen LogP contribution is -1.93. The molecule has 0 atom stereocenters. The topological polar surface area (TPSA) is 26.6 Å². The molecule has 15 rings (SSSR count). The molecule has 0 N–H and O–H groups in total. The maximum atomic E-state index is 5.45. The Bertz CT molecular complexity index is 4300. The average molecular weight is 747 g/mol. The van der Waals surface area contributed by atoms with E-state index >= 15 is 0 Å². The van der Waals surface area contributed by atoms with Gasteiger partial charge in [0.1, 0.15) is 5.65 Å². The Morgan fingerprint density at radius 3 is 1.88 bits per heavy atom.